The van der Waals surface area contributed by atoms with Crippen molar-refractivity contribution in [2.24, 2.45) is 0 Å². The lowest BCUT2D eigenvalue weighted by atomic mass is 10.2. The molecule has 1 aliphatic rings. The van der Waals surface area contributed by atoms with E-state index in [-0.39, 0.29) is 6.04 Å². The summed E-state index contributed by atoms with van der Waals surface area (Å²) >= 11 is 0. The van der Waals surface area contributed by atoms with Crippen LogP contribution in [0.25, 0.3) is 11.5 Å². The van der Waals surface area contributed by atoms with E-state index in [2.05, 4.69) is 46.2 Å². The second kappa shape index (κ2) is 9.12. The number of rotatable bonds is 8. The van der Waals surface area contributed by atoms with E-state index in [1.54, 1.807) is 0 Å². The minimum Gasteiger partial charge on any atom is -0.492 e. The van der Waals surface area contributed by atoms with Crippen LogP contribution in [0.1, 0.15) is 25.7 Å². The van der Waals surface area contributed by atoms with Crippen LogP contribution in [0.4, 0.5) is 0 Å². The fourth-order valence-electron chi connectivity index (χ4n) is 3.11. The number of benzene rings is 1. The maximum Gasteiger partial charge on any atom is 0.257 e. The van der Waals surface area contributed by atoms with Crippen LogP contribution >= 0.6 is 0 Å². The maximum atomic E-state index is 5.82. The molecule has 1 unspecified atom stereocenters. The van der Waals surface area contributed by atoms with Gasteiger partial charge in [-0.3, -0.25) is 4.90 Å². The first-order valence-corrected chi connectivity index (χ1v) is 9.41. The summed E-state index contributed by atoms with van der Waals surface area (Å²) in [4.78, 5) is 9.17. The molecule has 1 N–H and O–H groups in total. The van der Waals surface area contributed by atoms with Gasteiger partial charge in [-0.15, -0.1) is 0 Å². The maximum absolute atomic E-state index is 5.82. The smallest absolute Gasteiger partial charge is 0.257 e. The number of nitrogens with zero attached hydrogens (tertiary/aromatic N) is 4. The van der Waals surface area contributed by atoms with Crippen LogP contribution in [0.15, 0.2) is 28.8 Å². The van der Waals surface area contributed by atoms with Gasteiger partial charge in [0.2, 0.25) is 0 Å². The minimum atomic E-state index is 0.156. The summed E-state index contributed by atoms with van der Waals surface area (Å²) in [5.41, 5.74) is 0.909. The van der Waals surface area contributed by atoms with Crippen molar-refractivity contribution < 1.29 is 9.26 Å². The van der Waals surface area contributed by atoms with Gasteiger partial charge in [-0.2, -0.15) is 4.98 Å². The molecular weight excluding hydrogens is 330 g/mol. The summed E-state index contributed by atoms with van der Waals surface area (Å²) < 4.78 is 11.3. The van der Waals surface area contributed by atoms with E-state index in [0.717, 1.165) is 56.4 Å². The monoisotopic (exact) mass is 359 g/mol. The standard InChI is InChI=1S/C19H29N5O2/c1-4-24(5-2)12-13-25-16-8-6-15(7-9-16)19-21-18(22-26-19)17-14-20-10-11-23(17)3/h6-9,17,20H,4-5,10-14H2,1-3H3. The molecule has 0 amide bonds. The Kier molecular flexibility index (Phi) is 6.60. The molecule has 0 saturated carbocycles. The largest absolute Gasteiger partial charge is 0.492 e. The third-order valence-electron chi connectivity index (χ3n) is 4.92. The second-order valence-corrected chi connectivity index (χ2v) is 6.56. The predicted molar refractivity (Wildman–Crippen MR) is 101 cm³/mol. The molecule has 2 aromatic rings. The molecular formula is C19H29N5O2. The molecule has 1 atom stereocenters. The SMILES string of the molecule is CCN(CC)CCOc1ccc(-c2nc(C3CNCCN3C)no2)cc1. The normalized spacial score (nSPS) is 18.4. The molecule has 3 rings (SSSR count). The molecule has 2 heterocycles. The lowest BCUT2D eigenvalue weighted by Gasteiger charge is -2.30. The summed E-state index contributed by atoms with van der Waals surface area (Å²) in [5, 5.41) is 7.55. The number of hydrogen-bond donors (Lipinski definition) is 1. The number of aromatic nitrogens is 2. The van der Waals surface area contributed by atoms with Crippen molar-refractivity contribution in [1.82, 2.24) is 25.3 Å². The van der Waals surface area contributed by atoms with Crippen molar-refractivity contribution in [3.05, 3.63) is 30.1 Å². The Hall–Kier alpha value is -1.96. The molecule has 1 aromatic carbocycles. The molecule has 142 valence electrons. The van der Waals surface area contributed by atoms with Crippen LogP contribution in [-0.2, 0) is 0 Å². The molecule has 0 radical (unpaired) electrons. The summed E-state index contributed by atoms with van der Waals surface area (Å²) in [6.45, 7) is 10.9. The number of piperazine rings is 1. The zero-order valence-corrected chi connectivity index (χ0v) is 15.9. The highest BCUT2D eigenvalue weighted by Gasteiger charge is 2.25. The zero-order chi connectivity index (χ0) is 18.4. The van der Waals surface area contributed by atoms with Crippen molar-refractivity contribution in [2.75, 3.05) is 52.9 Å². The Morgan fingerprint density at radius 3 is 2.73 bits per heavy atom. The third-order valence-corrected chi connectivity index (χ3v) is 4.92. The average molecular weight is 359 g/mol. The second-order valence-electron chi connectivity index (χ2n) is 6.56. The van der Waals surface area contributed by atoms with E-state index in [9.17, 15) is 0 Å². The first-order chi connectivity index (χ1) is 12.7. The molecule has 0 spiro atoms. The average Bonchev–Trinajstić information content (AvgIpc) is 3.16. The van der Waals surface area contributed by atoms with Crippen LogP contribution in [-0.4, -0.2) is 72.9 Å². The van der Waals surface area contributed by atoms with Gasteiger partial charge in [0.15, 0.2) is 5.82 Å². The van der Waals surface area contributed by atoms with Gasteiger partial charge in [-0.05, 0) is 44.4 Å². The number of hydrogen-bond acceptors (Lipinski definition) is 7. The Morgan fingerprint density at radius 1 is 1.27 bits per heavy atom. The van der Waals surface area contributed by atoms with Crippen molar-refractivity contribution in [3.63, 3.8) is 0 Å². The molecule has 7 heteroatoms. The highest BCUT2D eigenvalue weighted by molar-refractivity contribution is 5.54. The fraction of sp³-hybridized carbons (Fsp3) is 0.579. The van der Waals surface area contributed by atoms with Gasteiger partial charge in [0.25, 0.3) is 5.89 Å². The number of likely N-dealkylation sites (N-methyl/N-ethyl adjacent to an activating group) is 2. The lowest BCUT2D eigenvalue weighted by molar-refractivity contribution is 0.190. The van der Waals surface area contributed by atoms with Gasteiger partial charge in [-0.25, -0.2) is 0 Å². The van der Waals surface area contributed by atoms with Gasteiger partial charge in [0.1, 0.15) is 12.4 Å². The molecule has 1 fully saturated rings. The molecule has 1 aromatic heterocycles. The third kappa shape index (κ3) is 4.60. The molecule has 0 bridgehead atoms. The molecule has 1 saturated heterocycles. The van der Waals surface area contributed by atoms with Crippen molar-refractivity contribution >= 4 is 0 Å². The van der Waals surface area contributed by atoms with E-state index in [1.165, 1.54) is 0 Å². The van der Waals surface area contributed by atoms with Gasteiger partial charge in [0, 0.05) is 31.7 Å². The van der Waals surface area contributed by atoms with E-state index < -0.39 is 0 Å². The van der Waals surface area contributed by atoms with Gasteiger partial charge < -0.3 is 19.5 Å². The van der Waals surface area contributed by atoms with E-state index >= 15 is 0 Å². The van der Waals surface area contributed by atoms with Gasteiger partial charge >= 0.3 is 0 Å². The first-order valence-electron chi connectivity index (χ1n) is 9.41. The zero-order valence-electron chi connectivity index (χ0n) is 15.9. The summed E-state index contributed by atoms with van der Waals surface area (Å²) in [6, 6.07) is 7.99. The Morgan fingerprint density at radius 2 is 2.04 bits per heavy atom. The molecule has 26 heavy (non-hydrogen) atoms. The molecule has 1 aliphatic heterocycles. The highest BCUT2D eigenvalue weighted by atomic mass is 16.5. The topological polar surface area (TPSA) is 66.7 Å². The lowest BCUT2D eigenvalue weighted by Crippen LogP contribution is -2.44. The molecule has 7 nitrogen and oxygen atoms in total. The van der Waals surface area contributed by atoms with Gasteiger partial charge in [0.05, 0.1) is 6.04 Å². The van der Waals surface area contributed by atoms with E-state index in [4.69, 9.17) is 9.26 Å². The van der Waals surface area contributed by atoms with Crippen molar-refractivity contribution in [2.45, 2.75) is 19.9 Å². The van der Waals surface area contributed by atoms with E-state index in [0.29, 0.717) is 12.5 Å². The van der Waals surface area contributed by atoms with Crippen LogP contribution in [0.5, 0.6) is 5.75 Å². The Bertz CT molecular complexity index is 669. The van der Waals surface area contributed by atoms with Crippen LogP contribution in [0.2, 0.25) is 0 Å². The number of nitrogens with one attached hydrogen (secondary N) is 1. The minimum absolute atomic E-state index is 0.156. The van der Waals surface area contributed by atoms with Crippen molar-refractivity contribution in [3.8, 4) is 17.2 Å². The summed E-state index contributed by atoms with van der Waals surface area (Å²) in [7, 11) is 2.09. The summed E-state index contributed by atoms with van der Waals surface area (Å²) in [6.07, 6.45) is 0. The molecule has 0 aliphatic carbocycles. The summed E-state index contributed by atoms with van der Waals surface area (Å²) in [5.74, 6) is 2.14. The predicted octanol–water partition coefficient (Wildman–Crippen LogP) is 2.03. The first kappa shape index (κ1) is 18.8. The number of ether oxygens (including phenoxy) is 1. The van der Waals surface area contributed by atoms with Gasteiger partial charge in [-0.1, -0.05) is 19.0 Å². The van der Waals surface area contributed by atoms with Crippen LogP contribution in [0.3, 0.4) is 0 Å². The fourth-order valence-corrected chi connectivity index (χ4v) is 3.11. The quantitative estimate of drug-likeness (QED) is 0.773. The van der Waals surface area contributed by atoms with Crippen molar-refractivity contribution in [1.29, 1.82) is 0 Å². The van der Waals surface area contributed by atoms with Crippen LogP contribution in [0, 0.1) is 0 Å². The highest BCUT2D eigenvalue weighted by Crippen LogP contribution is 2.24. The van der Waals surface area contributed by atoms with E-state index in [1.807, 2.05) is 24.3 Å². The Balaban J connectivity index is 1.58. The Labute approximate surface area is 155 Å². The van der Waals surface area contributed by atoms with Crippen LogP contribution < -0.4 is 10.1 Å².